The van der Waals surface area contributed by atoms with Gasteiger partial charge in [0, 0.05) is 18.2 Å². The Labute approximate surface area is 140 Å². The average molecular weight is 321 g/mol. The van der Waals surface area contributed by atoms with E-state index in [0.29, 0.717) is 17.3 Å². The minimum Gasteiger partial charge on any atom is -0.419 e. The molecule has 0 fully saturated rings. The van der Waals surface area contributed by atoms with E-state index in [9.17, 15) is 4.79 Å². The van der Waals surface area contributed by atoms with Crippen LogP contribution >= 0.6 is 0 Å². The van der Waals surface area contributed by atoms with Gasteiger partial charge in [-0.05, 0) is 38.1 Å². The van der Waals surface area contributed by atoms with E-state index < -0.39 is 0 Å². The molecule has 0 radical (unpaired) electrons. The number of benzene rings is 2. The molecule has 0 aliphatic heterocycles. The van der Waals surface area contributed by atoms with Crippen molar-refractivity contribution >= 4 is 5.91 Å². The van der Waals surface area contributed by atoms with Crippen LogP contribution in [0.2, 0.25) is 0 Å². The molecule has 0 N–H and O–H groups in total. The molecule has 3 rings (SSSR count). The first-order valence-corrected chi connectivity index (χ1v) is 7.74. The number of amides is 1. The molecular formula is C19H19N3O2. The van der Waals surface area contributed by atoms with Crippen molar-refractivity contribution in [2.24, 2.45) is 0 Å². The highest BCUT2D eigenvalue weighted by atomic mass is 16.4. The Hall–Kier alpha value is -2.95. The molecule has 5 nitrogen and oxygen atoms in total. The third kappa shape index (κ3) is 3.51. The summed E-state index contributed by atoms with van der Waals surface area (Å²) in [5, 5.41) is 8.10. The van der Waals surface area contributed by atoms with Crippen LogP contribution in [0.25, 0.3) is 11.5 Å². The lowest BCUT2D eigenvalue weighted by Crippen LogP contribution is -2.26. The van der Waals surface area contributed by atoms with Gasteiger partial charge < -0.3 is 9.32 Å². The first-order chi connectivity index (χ1) is 11.5. The molecule has 0 unspecified atom stereocenters. The van der Waals surface area contributed by atoms with Gasteiger partial charge >= 0.3 is 0 Å². The summed E-state index contributed by atoms with van der Waals surface area (Å²) in [6.45, 7) is 4.25. The van der Waals surface area contributed by atoms with Crippen LogP contribution in [0.15, 0.2) is 52.9 Å². The van der Waals surface area contributed by atoms with Crippen LogP contribution in [0.3, 0.4) is 0 Å². The molecule has 0 aliphatic rings. The zero-order valence-electron chi connectivity index (χ0n) is 14.0. The van der Waals surface area contributed by atoms with Gasteiger partial charge in [0.2, 0.25) is 11.8 Å². The fourth-order valence-electron chi connectivity index (χ4n) is 2.40. The van der Waals surface area contributed by atoms with E-state index >= 15 is 0 Å². The Bertz CT molecular complexity index is 853. The fourth-order valence-corrected chi connectivity index (χ4v) is 2.40. The van der Waals surface area contributed by atoms with E-state index in [1.165, 1.54) is 5.56 Å². The van der Waals surface area contributed by atoms with Crippen molar-refractivity contribution in [2.75, 3.05) is 7.05 Å². The van der Waals surface area contributed by atoms with Crippen LogP contribution in [0.5, 0.6) is 0 Å². The normalized spacial score (nSPS) is 10.6. The Kier molecular flexibility index (Phi) is 4.42. The van der Waals surface area contributed by atoms with Crippen LogP contribution in [0.4, 0.5) is 0 Å². The highest BCUT2D eigenvalue weighted by molar-refractivity contribution is 5.94. The van der Waals surface area contributed by atoms with Crippen LogP contribution in [0, 0.1) is 13.8 Å². The first-order valence-electron chi connectivity index (χ1n) is 7.74. The fraction of sp³-hybridized carbons (Fsp3) is 0.211. The molecule has 3 aromatic rings. The van der Waals surface area contributed by atoms with Crippen molar-refractivity contribution in [1.82, 2.24) is 15.1 Å². The smallest absolute Gasteiger partial charge is 0.254 e. The zero-order valence-corrected chi connectivity index (χ0v) is 14.0. The molecule has 24 heavy (non-hydrogen) atoms. The van der Waals surface area contributed by atoms with Crippen molar-refractivity contribution in [1.29, 1.82) is 0 Å². The molecule has 0 saturated heterocycles. The van der Waals surface area contributed by atoms with Gasteiger partial charge in [0.25, 0.3) is 5.91 Å². The number of carbonyl (C=O) groups excluding carboxylic acids is 1. The molecule has 0 spiro atoms. The van der Waals surface area contributed by atoms with Gasteiger partial charge in [-0.25, -0.2) is 0 Å². The molecule has 122 valence electrons. The van der Waals surface area contributed by atoms with E-state index in [0.717, 1.165) is 11.1 Å². The number of hydrogen-bond acceptors (Lipinski definition) is 4. The molecule has 0 aliphatic carbocycles. The maximum Gasteiger partial charge on any atom is 0.254 e. The number of nitrogens with zero attached hydrogens (tertiary/aromatic N) is 3. The second-order valence-corrected chi connectivity index (χ2v) is 5.90. The van der Waals surface area contributed by atoms with Gasteiger partial charge in [-0.1, -0.05) is 35.4 Å². The van der Waals surface area contributed by atoms with E-state index in [-0.39, 0.29) is 12.5 Å². The topological polar surface area (TPSA) is 59.2 Å². The third-order valence-corrected chi connectivity index (χ3v) is 3.75. The SMILES string of the molecule is Cc1ccc(-c2nnc(CN(C)C(=O)c3cccc(C)c3)o2)cc1. The summed E-state index contributed by atoms with van der Waals surface area (Å²) >= 11 is 0. The number of carbonyl (C=O) groups is 1. The lowest BCUT2D eigenvalue weighted by molar-refractivity contribution is 0.0773. The first kappa shape index (κ1) is 15.9. The largest absolute Gasteiger partial charge is 0.419 e. The Balaban J connectivity index is 1.72. The van der Waals surface area contributed by atoms with E-state index in [1.54, 1.807) is 18.0 Å². The molecule has 5 heteroatoms. The molecule has 0 bridgehead atoms. The number of hydrogen-bond donors (Lipinski definition) is 0. The molecule has 0 saturated carbocycles. The molecule has 1 amide bonds. The standard InChI is InChI=1S/C19H19N3O2/c1-13-7-9-15(10-8-13)18-21-20-17(24-18)12-22(3)19(23)16-6-4-5-14(2)11-16/h4-11H,12H2,1-3H3. The lowest BCUT2D eigenvalue weighted by atomic mass is 10.1. The maximum absolute atomic E-state index is 12.5. The van der Waals surface area contributed by atoms with Crippen LogP contribution in [0.1, 0.15) is 27.4 Å². The summed E-state index contributed by atoms with van der Waals surface area (Å²) < 4.78 is 5.67. The number of rotatable bonds is 4. The van der Waals surface area contributed by atoms with Gasteiger partial charge in [-0.15, -0.1) is 10.2 Å². The van der Waals surface area contributed by atoms with Crippen molar-refractivity contribution in [3.8, 4) is 11.5 Å². The van der Waals surface area contributed by atoms with Crippen molar-refractivity contribution in [3.63, 3.8) is 0 Å². The van der Waals surface area contributed by atoms with Gasteiger partial charge in [0.15, 0.2) is 0 Å². The Morgan fingerprint density at radius 3 is 2.50 bits per heavy atom. The zero-order chi connectivity index (χ0) is 17.1. The summed E-state index contributed by atoms with van der Waals surface area (Å²) in [5.41, 5.74) is 3.73. The van der Waals surface area contributed by atoms with E-state index in [4.69, 9.17) is 4.42 Å². The van der Waals surface area contributed by atoms with E-state index in [1.807, 2.05) is 56.3 Å². The van der Waals surface area contributed by atoms with Gasteiger partial charge in [-0.2, -0.15) is 0 Å². The van der Waals surface area contributed by atoms with Crippen LogP contribution in [-0.2, 0) is 6.54 Å². The lowest BCUT2D eigenvalue weighted by Gasteiger charge is -2.15. The molecule has 0 atom stereocenters. The molecule has 1 heterocycles. The second kappa shape index (κ2) is 6.66. The second-order valence-electron chi connectivity index (χ2n) is 5.90. The van der Waals surface area contributed by atoms with Crippen LogP contribution < -0.4 is 0 Å². The van der Waals surface area contributed by atoms with Crippen molar-refractivity contribution in [3.05, 3.63) is 71.1 Å². The summed E-state index contributed by atoms with van der Waals surface area (Å²) in [6.07, 6.45) is 0. The predicted octanol–water partition coefficient (Wildman–Crippen LogP) is 3.63. The molecular weight excluding hydrogens is 302 g/mol. The van der Waals surface area contributed by atoms with Gasteiger partial charge in [0.05, 0.1) is 6.54 Å². The minimum atomic E-state index is -0.0752. The Morgan fingerprint density at radius 2 is 1.79 bits per heavy atom. The highest BCUT2D eigenvalue weighted by Gasteiger charge is 2.16. The minimum absolute atomic E-state index is 0.0752. The van der Waals surface area contributed by atoms with Crippen molar-refractivity contribution in [2.45, 2.75) is 20.4 Å². The average Bonchev–Trinajstić information content (AvgIpc) is 3.03. The quantitative estimate of drug-likeness (QED) is 0.736. The summed E-state index contributed by atoms with van der Waals surface area (Å²) in [5.74, 6) is 0.796. The van der Waals surface area contributed by atoms with Crippen LogP contribution in [-0.4, -0.2) is 28.1 Å². The highest BCUT2D eigenvalue weighted by Crippen LogP contribution is 2.19. The van der Waals surface area contributed by atoms with Gasteiger partial charge in [-0.3, -0.25) is 4.79 Å². The summed E-state index contributed by atoms with van der Waals surface area (Å²) in [7, 11) is 1.72. The maximum atomic E-state index is 12.5. The Morgan fingerprint density at radius 1 is 1.04 bits per heavy atom. The predicted molar refractivity (Wildman–Crippen MR) is 91.4 cm³/mol. The van der Waals surface area contributed by atoms with E-state index in [2.05, 4.69) is 10.2 Å². The number of aryl methyl sites for hydroxylation is 2. The monoisotopic (exact) mass is 321 g/mol. The number of aromatic nitrogens is 2. The summed E-state index contributed by atoms with van der Waals surface area (Å²) in [6, 6.07) is 15.4. The van der Waals surface area contributed by atoms with Crippen molar-refractivity contribution < 1.29 is 9.21 Å². The molecule has 1 aromatic heterocycles. The molecule has 2 aromatic carbocycles. The van der Waals surface area contributed by atoms with Gasteiger partial charge in [0.1, 0.15) is 0 Å². The third-order valence-electron chi connectivity index (χ3n) is 3.75. The summed E-state index contributed by atoms with van der Waals surface area (Å²) in [4.78, 5) is 14.0.